The smallest absolute Gasteiger partial charge is 0.192 e. The molecule has 0 saturated carbocycles. The summed E-state index contributed by atoms with van der Waals surface area (Å²) < 4.78 is 37.4. The molecule has 0 aliphatic rings. The summed E-state index contributed by atoms with van der Waals surface area (Å²) in [5, 5.41) is 9.61. The van der Waals surface area contributed by atoms with Crippen LogP contribution in [0.25, 0.3) is 6.08 Å². The van der Waals surface area contributed by atoms with E-state index in [9.17, 15) is 12.8 Å². The molecule has 0 aliphatic carbocycles. The predicted molar refractivity (Wildman–Crippen MR) is 84.1 cm³/mol. The summed E-state index contributed by atoms with van der Waals surface area (Å²) in [5.74, 6) is -0.732. The topological polar surface area (TPSA) is 57.9 Å². The summed E-state index contributed by atoms with van der Waals surface area (Å²) in [7, 11) is -3.78. The number of nitriles is 1. The van der Waals surface area contributed by atoms with Crippen molar-refractivity contribution in [3.63, 3.8) is 0 Å². The van der Waals surface area contributed by atoms with Gasteiger partial charge in [0.1, 0.15) is 16.8 Å². The molecule has 2 rings (SSSR count). The summed E-state index contributed by atoms with van der Waals surface area (Å²) >= 11 is 5.75. The molecule has 0 amide bonds. The molecular formula is C16H11ClFNO2S. The molecule has 0 aromatic heterocycles. The maximum absolute atomic E-state index is 12.8. The van der Waals surface area contributed by atoms with Gasteiger partial charge in [-0.25, -0.2) is 12.8 Å². The Kier molecular flexibility index (Phi) is 4.96. The third kappa shape index (κ3) is 4.17. The van der Waals surface area contributed by atoms with E-state index in [0.717, 1.165) is 0 Å². The Morgan fingerprint density at radius 2 is 1.73 bits per heavy atom. The molecule has 0 unspecified atom stereocenters. The van der Waals surface area contributed by atoms with Gasteiger partial charge in [-0.15, -0.1) is 0 Å². The number of rotatable bonds is 4. The molecule has 6 heteroatoms. The minimum Gasteiger partial charge on any atom is -0.223 e. The quantitative estimate of drug-likeness (QED) is 0.795. The molecule has 0 fully saturated rings. The van der Waals surface area contributed by atoms with Crippen LogP contribution in [0.2, 0.25) is 5.02 Å². The van der Waals surface area contributed by atoms with Crippen molar-refractivity contribution in [2.24, 2.45) is 0 Å². The van der Waals surface area contributed by atoms with E-state index < -0.39 is 15.7 Å². The Morgan fingerprint density at radius 1 is 1.14 bits per heavy atom. The van der Waals surface area contributed by atoms with Gasteiger partial charge < -0.3 is 0 Å². The Morgan fingerprint density at radius 3 is 2.27 bits per heavy atom. The van der Waals surface area contributed by atoms with Crippen molar-refractivity contribution in [1.29, 1.82) is 5.26 Å². The van der Waals surface area contributed by atoms with Crippen LogP contribution in [0.3, 0.4) is 0 Å². The molecule has 0 heterocycles. The number of hydrogen-bond donors (Lipinski definition) is 0. The first-order valence-electron chi connectivity index (χ1n) is 6.25. The van der Waals surface area contributed by atoms with Crippen LogP contribution in [0.1, 0.15) is 11.1 Å². The number of allylic oxidation sites excluding steroid dienone is 1. The van der Waals surface area contributed by atoms with Crippen molar-refractivity contribution in [3.05, 3.63) is 75.4 Å². The Hall–Kier alpha value is -2.16. The molecule has 0 N–H and O–H groups in total. The van der Waals surface area contributed by atoms with Crippen LogP contribution >= 0.6 is 11.6 Å². The molecule has 0 aliphatic heterocycles. The largest absolute Gasteiger partial charge is 0.223 e. The molecular weight excluding hydrogens is 325 g/mol. The van der Waals surface area contributed by atoms with E-state index in [1.165, 1.54) is 30.3 Å². The number of halogens is 2. The molecule has 0 spiro atoms. The van der Waals surface area contributed by atoms with Crippen molar-refractivity contribution >= 4 is 27.5 Å². The third-order valence-corrected chi connectivity index (χ3v) is 4.73. The normalized spacial score (nSPS) is 12.0. The van der Waals surface area contributed by atoms with E-state index in [1.807, 2.05) is 0 Å². The van der Waals surface area contributed by atoms with E-state index in [1.54, 1.807) is 30.3 Å². The number of sulfone groups is 1. The van der Waals surface area contributed by atoms with E-state index in [2.05, 4.69) is 0 Å². The summed E-state index contributed by atoms with van der Waals surface area (Å²) in [5.41, 5.74) is 0.974. The number of benzene rings is 2. The molecule has 112 valence electrons. The Bertz CT molecular complexity index is 835. The highest BCUT2D eigenvalue weighted by Crippen LogP contribution is 2.19. The minimum absolute atomic E-state index is 0.301. The van der Waals surface area contributed by atoms with Gasteiger partial charge in [-0.3, -0.25) is 0 Å². The van der Waals surface area contributed by atoms with Crippen LogP contribution in [0.4, 0.5) is 4.39 Å². The van der Waals surface area contributed by atoms with Gasteiger partial charge in [0.2, 0.25) is 0 Å². The fraction of sp³-hybridized carbons (Fsp3) is 0.0625. The first-order chi connectivity index (χ1) is 10.4. The lowest BCUT2D eigenvalue weighted by atomic mass is 10.2. The second-order valence-corrected chi connectivity index (χ2v) is 6.95. The minimum atomic E-state index is -3.78. The van der Waals surface area contributed by atoms with Crippen molar-refractivity contribution in [2.45, 2.75) is 5.75 Å². The molecule has 0 atom stereocenters. The highest BCUT2D eigenvalue weighted by Gasteiger charge is 2.18. The second-order valence-electron chi connectivity index (χ2n) is 4.56. The van der Waals surface area contributed by atoms with E-state index >= 15 is 0 Å². The van der Waals surface area contributed by atoms with Crippen molar-refractivity contribution in [3.8, 4) is 6.07 Å². The van der Waals surface area contributed by atoms with Crippen LogP contribution < -0.4 is 0 Å². The van der Waals surface area contributed by atoms with Gasteiger partial charge in [0, 0.05) is 5.02 Å². The first-order valence-corrected chi connectivity index (χ1v) is 8.28. The van der Waals surface area contributed by atoms with Crippen LogP contribution in [0.5, 0.6) is 0 Å². The number of nitrogens with zero attached hydrogens (tertiary/aromatic N) is 1. The van der Waals surface area contributed by atoms with Gasteiger partial charge in [-0.2, -0.15) is 5.26 Å². The summed E-state index contributed by atoms with van der Waals surface area (Å²) in [6.07, 6.45) is 1.23. The molecule has 22 heavy (non-hydrogen) atoms. The highest BCUT2D eigenvalue weighted by molar-refractivity contribution is 7.95. The van der Waals surface area contributed by atoms with Crippen LogP contribution in [0.15, 0.2) is 53.4 Å². The lowest BCUT2D eigenvalue weighted by Crippen LogP contribution is -2.06. The second kappa shape index (κ2) is 6.73. The number of hydrogen-bond acceptors (Lipinski definition) is 3. The van der Waals surface area contributed by atoms with Gasteiger partial charge in [0.15, 0.2) is 9.84 Å². The highest BCUT2D eigenvalue weighted by atomic mass is 35.5. The molecule has 0 bridgehead atoms. The lowest BCUT2D eigenvalue weighted by molar-refractivity contribution is 0.602. The molecule has 3 nitrogen and oxygen atoms in total. The maximum Gasteiger partial charge on any atom is 0.192 e. The summed E-state index contributed by atoms with van der Waals surface area (Å²) in [6.45, 7) is 0. The fourth-order valence-electron chi connectivity index (χ4n) is 1.78. The summed E-state index contributed by atoms with van der Waals surface area (Å²) in [6, 6.07) is 13.3. The third-order valence-electron chi connectivity index (χ3n) is 2.88. The lowest BCUT2D eigenvalue weighted by Gasteiger charge is -2.04. The van der Waals surface area contributed by atoms with Gasteiger partial charge >= 0.3 is 0 Å². The van der Waals surface area contributed by atoms with Gasteiger partial charge in [-0.05, 0) is 41.5 Å². The zero-order chi connectivity index (χ0) is 16.2. The Labute approximate surface area is 133 Å². The molecule has 2 aromatic rings. The van der Waals surface area contributed by atoms with Crippen LogP contribution in [0, 0.1) is 17.1 Å². The average molecular weight is 336 g/mol. The van der Waals surface area contributed by atoms with Gasteiger partial charge in [-0.1, -0.05) is 35.9 Å². The van der Waals surface area contributed by atoms with Crippen molar-refractivity contribution in [2.75, 3.05) is 0 Å². The van der Waals surface area contributed by atoms with Crippen molar-refractivity contribution in [1.82, 2.24) is 0 Å². The predicted octanol–water partition coefficient (Wildman–Crippen LogP) is 3.96. The monoisotopic (exact) mass is 335 g/mol. The SMILES string of the molecule is N#C/C(=C\c1ccc(F)cc1)S(=O)(=O)Cc1ccc(Cl)cc1. The van der Waals surface area contributed by atoms with E-state index in [0.29, 0.717) is 16.1 Å². The first kappa shape index (κ1) is 16.2. The van der Waals surface area contributed by atoms with Crippen LogP contribution in [-0.2, 0) is 15.6 Å². The van der Waals surface area contributed by atoms with Crippen molar-refractivity contribution < 1.29 is 12.8 Å². The maximum atomic E-state index is 12.8. The van der Waals surface area contributed by atoms with Gasteiger partial charge in [0.25, 0.3) is 0 Å². The molecule has 2 aromatic carbocycles. The fourth-order valence-corrected chi connectivity index (χ4v) is 3.15. The molecule has 0 radical (unpaired) electrons. The van der Waals surface area contributed by atoms with E-state index in [-0.39, 0.29) is 10.7 Å². The van der Waals surface area contributed by atoms with Crippen LogP contribution in [-0.4, -0.2) is 8.42 Å². The zero-order valence-electron chi connectivity index (χ0n) is 11.3. The van der Waals surface area contributed by atoms with Gasteiger partial charge in [0.05, 0.1) is 5.75 Å². The standard InChI is InChI=1S/C16H11ClFNO2S/c17-14-5-1-13(2-6-14)11-22(20,21)16(10-19)9-12-3-7-15(18)8-4-12/h1-9H,11H2/b16-9+. The average Bonchev–Trinajstić information content (AvgIpc) is 2.48. The van der Waals surface area contributed by atoms with E-state index in [4.69, 9.17) is 16.9 Å². The molecule has 0 saturated heterocycles. The zero-order valence-corrected chi connectivity index (χ0v) is 12.9. The Balaban J connectivity index is 2.31. The summed E-state index contributed by atoms with van der Waals surface area (Å²) in [4.78, 5) is -0.367.